The lowest BCUT2D eigenvalue weighted by Gasteiger charge is -2.43. The SMILES string of the molecule is CCC1CCCCN1CC(=O)NCC1(c2ccccc2)CCC1. The van der Waals surface area contributed by atoms with Crippen molar-refractivity contribution in [2.24, 2.45) is 0 Å². The molecular weight excluding hydrogens is 284 g/mol. The van der Waals surface area contributed by atoms with Crippen LogP contribution in [0.3, 0.4) is 0 Å². The maximum absolute atomic E-state index is 12.4. The molecule has 126 valence electrons. The fourth-order valence-electron chi connectivity index (χ4n) is 4.20. The molecule has 1 amide bonds. The largest absolute Gasteiger partial charge is 0.354 e. The van der Waals surface area contributed by atoms with E-state index < -0.39 is 0 Å². The van der Waals surface area contributed by atoms with Gasteiger partial charge in [0.2, 0.25) is 5.91 Å². The fraction of sp³-hybridized carbons (Fsp3) is 0.650. The molecule has 1 aliphatic carbocycles. The quantitative estimate of drug-likeness (QED) is 0.872. The number of carbonyl (C=O) groups excluding carboxylic acids is 1. The minimum Gasteiger partial charge on any atom is -0.354 e. The first-order chi connectivity index (χ1) is 11.2. The van der Waals surface area contributed by atoms with Crippen LogP contribution >= 0.6 is 0 Å². The molecule has 3 nitrogen and oxygen atoms in total. The number of amides is 1. The van der Waals surface area contributed by atoms with Crippen molar-refractivity contribution in [2.75, 3.05) is 19.6 Å². The Morgan fingerprint density at radius 1 is 1.22 bits per heavy atom. The molecule has 3 heteroatoms. The van der Waals surface area contributed by atoms with Crippen LogP contribution in [0.25, 0.3) is 0 Å². The Morgan fingerprint density at radius 2 is 2.00 bits per heavy atom. The van der Waals surface area contributed by atoms with E-state index in [1.807, 2.05) is 0 Å². The second kappa shape index (κ2) is 7.48. The molecule has 1 saturated carbocycles. The molecule has 23 heavy (non-hydrogen) atoms. The summed E-state index contributed by atoms with van der Waals surface area (Å²) >= 11 is 0. The molecule has 1 saturated heterocycles. The number of nitrogens with one attached hydrogen (secondary N) is 1. The van der Waals surface area contributed by atoms with Gasteiger partial charge in [0.1, 0.15) is 0 Å². The number of hydrogen-bond donors (Lipinski definition) is 1. The Labute approximate surface area is 140 Å². The molecule has 1 N–H and O–H groups in total. The molecule has 2 fully saturated rings. The Morgan fingerprint density at radius 3 is 2.65 bits per heavy atom. The smallest absolute Gasteiger partial charge is 0.234 e. The zero-order valence-electron chi connectivity index (χ0n) is 14.4. The summed E-state index contributed by atoms with van der Waals surface area (Å²) in [5, 5.41) is 3.24. The van der Waals surface area contributed by atoms with Crippen LogP contribution in [-0.4, -0.2) is 36.5 Å². The third kappa shape index (κ3) is 3.77. The van der Waals surface area contributed by atoms with E-state index in [9.17, 15) is 4.79 Å². The van der Waals surface area contributed by atoms with Crippen molar-refractivity contribution in [1.29, 1.82) is 0 Å². The number of likely N-dealkylation sites (tertiary alicyclic amines) is 1. The van der Waals surface area contributed by atoms with Crippen molar-refractivity contribution in [3.63, 3.8) is 0 Å². The Kier molecular flexibility index (Phi) is 5.37. The van der Waals surface area contributed by atoms with Crippen molar-refractivity contribution in [3.8, 4) is 0 Å². The van der Waals surface area contributed by atoms with E-state index in [4.69, 9.17) is 0 Å². The van der Waals surface area contributed by atoms with E-state index >= 15 is 0 Å². The Balaban J connectivity index is 1.54. The van der Waals surface area contributed by atoms with Gasteiger partial charge in [0.05, 0.1) is 6.54 Å². The lowest BCUT2D eigenvalue weighted by molar-refractivity contribution is -0.123. The average Bonchev–Trinajstić information content (AvgIpc) is 2.55. The number of carbonyl (C=O) groups is 1. The molecular formula is C20H30N2O. The highest BCUT2D eigenvalue weighted by Crippen LogP contribution is 2.43. The second-order valence-corrected chi connectivity index (χ2v) is 7.30. The summed E-state index contributed by atoms with van der Waals surface area (Å²) in [5.41, 5.74) is 1.57. The molecule has 1 aliphatic heterocycles. The Bertz CT molecular complexity index is 510. The van der Waals surface area contributed by atoms with Gasteiger partial charge < -0.3 is 5.32 Å². The number of nitrogens with zero attached hydrogens (tertiary/aromatic N) is 1. The van der Waals surface area contributed by atoms with Gasteiger partial charge >= 0.3 is 0 Å². The average molecular weight is 314 g/mol. The van der Waals surface area contributed by atoms with Crippen LogP contribution in [0.5, 0.6) is 0 Å². The van der Waals surface area contributed by atoms with Crippen LogP contribution < -0.4 is 5.32 Å². The molecule has 3 rings (SSSR count). The van der Waals surface area contributed by atoms with Gasteiger partial charge in [0.15, 0.2) is 0 Å². The molecule has 1 aromatic rings. The van der Waals surface area contributed by atoms with E-state index in [0.717, 1.165) is 19.5 Å². The van der Waals surface area contributed by atoms with Gasteiger partial charge in [-0.05, 0) is 44.2 Å². The normalized spacial score (nSPS) is 24.0. The zero-order valence-corrected chi connectivity index (χ0v) is 14.4. The lowest BCUT2D eigenvalue weighted by Crippen LogP contribution is -2.50. The molecule has 0 spiro atoms. The first-order valence-corrected chi connectivity index (χ1v) is 9.30. The van der Waals surface area contributed by atoms with E-state index in [1.165, 1.54) is 44.1 Å². The molecule has 0 bridgehead atoms. The molecule has 2 aliphatic rings. The summed E-state index contributed by atoms with van der Waals surface area (Å²) in [4.78, 5) is 14.8. The van der Waals surface area contributed by atoms with Gasteiger partial charge in [-0.15, -0.1) is 0 Å². The van der Waals surface area contributed by atoms with E-state index in [0.29, 0.717) is 12.6 Å². The van der Waals surface area contributed by atoms with Crippen LogP contribution in [0.15, 0.2) is 30.3 Å². The van der Waals surface area contributed by atoms with Crippen molar-refractivity contribution < 1.29 is 4.79 Å². The second-order valence-electron chi connectivity index (χ2n) is 7.30. The first kappa shape index (κ1) is 16.5. The van der Waals surface area contributed by atoms with Crippen LogP contribution in [0.2, 0.25) is 0 Å². The van der Waals surface area contributed by atoms with Crippen molar-refractivity contribution >= 4 is 5.91 Å². The summed E-state index contributed by atoms with van der Waals surface area (Å²) in [7, 11) is 0. The molecule has 0 aromatic heterocycles. The van der Waals surface area contributed by atoms with Gasteiger partial charge in [-0.25, -0.2) is 0 Å². The van der Waals surface area contributed by atoms with Crippen molar-refractivity contribution in [2.45, 2.75) is 63.3 Å². The number of hydrogen-bond acceptors (Lipinski definition) is 2. The molecule has 1 heterocycles. The zero-order chi connectivity index (χ0) is 16.1. The summed E-state index contributed by atoms with van der Waals surface area (Å²) in [6, 6.07) is 11.3. The van der Waals surface area contributed by atoms with Gasteiger partial charge in [0, 0.05) is 18.0 Å². The van der Waals surface area contributed by atoms with Crippen LogP contribution in [0.4, 0.5) is 0 Å². The van der Waals surface area contributed by atoms with Crippen LogP contribution in [0.1, 0.15) is 57.4 Å². The maximum Gasteiger partial charge on any atom is 0.234 e. The van der Waals surface area contributed by atoms with E-state index in [-0.39, 0.29) is 11.3 Å². The molecule has 1 unspecified atom stereocenters. The van der Waals surface area contributed by atoms with E-state index in [1.54, 1.807) is 0 Å². The summed E-state index contributed by atoms with van der Waals surface area (Å²) in [5.74, 6) is 0.201. The molecule has 1 aromatic carbocycles. The topological polar surface area (TPSA) is 32.3 Å². The third-order valence-electron chi connectivity index (χ3n) is 5.89. The third-order valence-corrected chi connectivity index (χ3v) is 5.89. The van der Waals surface area contributed by atoms with Crippen molar-refractivity contribution in [3.05, 3.63) is 35.9 Å². The predicted molar refractivity (Wildman–Crippen MR) is 94.5 cm³/mol. The summed E-state index contributed by atoms with van der Waals surface area (Å²) in [6.45, 7) is 4.68. The van der Waals surface area contributed by atoms with Gasteiger partial charge in [-0.3, -0.25) is 9.69 Å². The summed E-state index contributed by atoms with van der Waals surface area (Å²) in [6.07, 6.45) is 8.61. The van der Waals surface area contributed by atoms with Gasteiger partial charge in [0.25, 0.3) is 0 Å². The highest BCUT2D eigenvalue weighted by Gasteiger charge is 2.38. The number of benzene rings is 1. The van der Waals surface area contributed by atoms with Gasteiger partial charge in [-0.2, -0.15) is 0 Å². The predicted octanol–water partition coefficient (Wildman–Crippen LogP) is 3.49. The minimum atomic E-state index is 0.184. The molecule has 1 atom stereocenters. The lowest BCUT2D eigenvalue weighted by atomic mass is 9.64. The minimum absolute atomic E-state index is 0.184. The molecule has 0 radical (unpaired) electrons. The number of rotatable bonds is 6. The Hall–Kier alpha value is -1.35. The monoisotopic (exact) mass is 314 g/mol. The van der Waals surface area contributed by atoms with Crippen LogP contribution in [-0.2, 0) is 10.2 Å². The van der Waals surface area contributed by atoms with Crippen molar-refractivity contribution in [1.82, 2.24) is 10.2 Å². The number of piperidine rings is 1. The fourth-order valence-corrected chi connectivity index (χ4v) is 4.20. The highest BCUT2D eigenvalue weighted by atomic mass is 16.2. The maximum atomic E-state index is 12.4. The first-order valence-electron chi connectivity index (χ1n) is 9.30. The highest BCUT2D eigenvalue weighted by molar-refractivity contribution is 5.78. The van der Waals surface area contributed by atoms with Crippen LogP contribution in [0, 0.1) is 0 Å². The van der Waals surface area contributed by atoms with E-state index in [2.05, 4.69) is 47.5 Å². The standard InChI is InChI=1S/C20H30N2O/c1-2-18-11-6-7-14-22(18)15-19(23)21-16-20(12-8-13-20)17-9-4-3-5-10-17/h3-5,9-10,18H,2,6-8,11-16H2,1H3,(H,21,23). The summed E-state index contributed by atoms with van der Waals surface area (Å²) < 4.78 is 0. The van der Waals surface area contributed by atoms with Gasteiger partial charge in [-0.1, -0.05) is 50.1 Å².